The summed E-state index contributed by atoms with van der Waals surface area (Å²) < 4.78 is 5.33. The summed E-state index contributed by atoms with van der Waals surface area (Å²) in [6, 6.07) is 6.49. The monoisotopic (exact) mass is 268 g/mol. The maximum absolute atomic E-state index is 12.2. The molecule has 0 fully saturated rings. The smallest absolute Gasteiger partial charge is 0.196 e. The van der Waals surface area contributed by atoms with Crippen LogP contribution >= 0.6 is 23.2 Å². The zero-order chi connectivity index (χ0) is 12.6. The molecule has 0 aliphatic rings. The van der Waals surface area contributed by atoms with Gasteiger partial charge in [0.2, 0.25) is 0 Å². The third-order valence-electron chi connectivity index (χ3n) is 2.41. The third-order valence-corrected chi connectivity index (χ3v) is 2.85. The number of benzene rings is 1. The van der Waals surface area contributed by atoms with Crippen LogP contribution < -0.4 is 0 Å². The minimum absolute atomic E-state index is 0.135. The van der Waals surface area contributed by atoms with Crippen molar-refractivity contribution in [1.29, 1.82) is 0 Å². The summed E-state index contributed by atoms with van der Waals surface area (Å²) in [4.78, 5) is 12.2. The van der Waals surface area contributed by atoms with E-state index in [1.807, 2.05) is 0 Å². The van der Waals surface area contributed by atoms with E-state index in [1.165, 1.54) is 0 Å². The zero-order valence-electron chi connectivity index (χ0n) is 9.38. The minimum Gasteiger partial charge on any atom is -0.466 e. The summed E-state index contributed by atoms with van der Waals surface area (Å²) in [7, 11) is 0. The molecule has 2 rings (SSSR count). The zero-order valence-corrected chi connectivity index (χ0v) is 10.9. The van der Waals surface area contributed by atoms with Gasteiger partial charge in [0.15, 0.2) is 5.78 Å². The van der Waals surface area contributed by atoms with Crippen LogP contribution in [0.4, 0.5) is 0 Å². The second kappa shape index (κ2) is 4.55. The number of rotatable bonds is 2. The van der Waals surface area contributed by atoms with E-state index in [0.717, 1.165) is 0 Å². The predicted octanol–water partition coefficient (Wildman–Crippen LogP) is 4.43. The van der Waals surface area contributed by atoms with Crippen molar-refractivity contribution in [3.63, 3.8) is 0 Å². The highest BCUT2D eigenvalue weighted by Gasteiger charge is 2.16. The standard InChI is InChI=1S/C13H10Cl2O2/c1-7-3-12(8(2)17-7)13(16)9-4-10(14)6-11(15)5-9/h3-6H,1-2H3. The number of ketones is 1. The lowest BCUT2D eigenvalue weighted by Gasteiger charge is -2.01. The van der Waals surface area contributed by atoms with E-state index in [4.69, 9.17) is 27.6 Å². The van der Waals surface area contributed by atoms with Gasteiger partial charge >= 0.3 is 0 Å². The molecule has 0 spiro atoms. The average Bonchev–Trinajstić information content (AvgIpc) is 2.55. The summed E-state index contributed by atoms with van der Waals surface area (Å²) in [5, 5.41) is 0.887. The summed E-state index contributed by atoms with van der Waals surface area (Å²) in [5.41, 5.74) is 1.01. The van der Waals surface area contributed by atoms with Gasteiger partial charge in [-0.2, -0.15) is 0 Å². The Morgan fingerprint density at radius 1 is 1.06 bits per heavy atom. The van der Waals surface area contributed by atoms with E-state index < -0.39 is 0 Å². The van der Waals surface area contributed by atoms with Crippen LogP contribution in [-0.4, -0.2) is 5.78 Å². The second-order valence-corrected chi connectivity index (χ2v) is 4.69. The number of aryl methyl sites for hydroxylation is 2. The summed E-state index contributed by atoms with van der Waals surface area (Å²) in [6.45, 7) is 3.56. The number of hydrogen-bond donors (Lipinski definition) is 0. The van der Waals surface area contributed by atoms with Crippen molar-refractivity contribution in [3.05, 3.63) is 57.0 Å². The van der Waals surface area contributed by atoms with E-state index in [9.17, 15) is 4.79 Å². The van der Waals surface area contributed by atoms with Crippen LogP contribution in [0.1, 0.15) is 27.4 Å². The molecule has 0 unspecified atom stereocenters. The number of halogens is 2. The fraction of sp³-hybridized carbons (Fsp3) is 0.154. The lowest BCUT2D eigenvalue weighted by molar-refractivity contribution is 0.103. The Balaban J connectivity index is 2.47. The van der Waals surface area contributed by atoms with Gasteiger partial charge in [0, 0.05) is 15.6 Å². The van der Waals surface area contributed by atoms with Crippen LogP contribution in [0.25, 0.3) is 0 Å². The molecule has 0 bridgehead atoms. The fourth-order valence-electron chi connectivity index (χ4n) is 1.70. The van der Waals surface area contributed by atoms with Crippen molar-refractivity contribution < 1.29 is 9.21 Å². The van der Waals surface area contributed by atoms with Gasteiger partial charge in [0.1, 0.15) is 11.5 Å². The van der Waals surface area contributed by atoms with Gasteiger partial charge in [0.05, 0.1) is 5.56 Å². The molecule has 0 N–H and O–H groups in total. The SMILES string of the molecule is Cc1cc(C(=O)c2cc(Cl)cc(Cl)c2)c(C)o1. The Hall–Kier alpha value is -1.25. The number of furan rings is 1. The molecule has 88 valence electrons. The quantitative estimate of drug-likeness (QED) is 0.755. The largest absolute Gasteiger partial charge is 0.466 e. The average molecular weight is 269 g/mol. The van der Waals surface area contributed by atoms with Crippen LogP contribution in [0.5, 0.6) is 0 Å². The van der Waals surface area contributed by atoms with E-state index in [0.29, 0.717) is 32.7 Å². The Morgan fingerprint density at radius 3 is 2.12 bits per heavy atom. The number of hydrogen-bond acceptors (Lipinski definition) is 2. The van der Waals surface area contributed by atoms with Gasteiger partial charge in [-0.25, -0.2) is 0 Å². The number of carbonyl (C=O) groups excluding carboxylic acids is 1. The minimum atomic E-state index is -0.135. The van der Waals surface area contributed by atoms with Crippen molar-refractivity contribution in [2.24, 2.45) is 0 Å². The first-order chi connectivity index (χ1) is 7.97. The van der Waals surface area contributed by atoms with Gasteiger partial charge in [-0.3, -0.25) is 4.79 Å². The van der Waals surface area contributed by atoms with Gasteiger partial charge in [-0.1, -0.05) is 23.2 Å². The molecule has 2 aromatic rings. The molecule has 4 heteroatoms. The molecule has 1 heterocycles. The topological polar surface area (TPSA) is 30.2 Å². The van der Waals surface area contributed by atoms with Crippen molar-refractivity contribution in [2.75, 3.05) is 0 Å². The predicted molar refractivity (Wildman–Crippen MR) is 68.1 cm³/mol. The lowest BCUT2D eigenvalue weighted by atomic mass is 10.0. The van der Waals surface area contributed by atoms with E-state index in [1.54, 1.807) is 38.1 Å². The van der Waals surface area contributed by atoms with E-state index in [2.05, 4.69) is 0 Å². The Morgan fingerprint density at radius 2 is 1.65 bits per heavy atom. The molecule has 0 atom stereocenters. The second-order valence-electron chi connectivity index (χ2n) is 3.81. The summed E-state index contributed by atoms with van der Waals surface area (Å²) >= 11 is 11.7. The molecule has 0 saturated carbocycles. The fourth-order valence-corrected chi connectivity index (χ4v) is 2.22. The van der Waals surface area contributed by atoms with Crippen LogP contribution in [0.15, 0.2) is 28.7 Å². The highest BCUT2D eigenvalue weighted by molar-refractivity contribution is 6.35. The van der Waals surface area contributed by atoms with Crippen LogP contribution in [0, 0.1) is 13.8 Å². The van der Waals surface area contributed by atoms with Crippen molar-refractivity contribution in [2.45, 2.75) is 13.8 Å². The molecule has 0 radical (unpaired) electrons. The highest BCUT2D eigenvalue weighted by Crippen LogP contribution is 2.23. The van der Waals surface area contributed by atoms with Gasteiger partial charge in [-0.15, -0.1) is 0 Å². The van der Waals surface area contributed by atoms with Crippen LogP contribution in [0.2, 0.25) is 10.0 Å². The summed E-state index contributed by atoms with van der Waals surface area (Å²) in [5.74, 6) is 1.17. The van der Waals surface area contributed by atoms with E-state index >= 15 is 0 Å². The van der Waals surface area contributed by atoms with Crippen molar-refractivity contribution in [3.8, 4) is 0 Å². The molecule has 0 aliphatic carbocycles. The van der Waals surface area contributed by atoms with Gasteiger partial charge < -0.3 is 4.42 Å². The third kappa shape index (κ3) is 2.54. The first-order valence-corrected chi connectivity index (χ1v) is 5.81. The summed E-state index contributed by atoms with van der Waals surface area (Å²) in [6.07, 6.45) is 0. The molecular formula is C13H10Cl2O2. The Bertz CT molecular complexity index is 565. The van der Waals surface area contributed by atoms with Crippen LogP contribution in [-0.2, 0) is 0 Å². The maximum Gasteiger partial charge on any atom is 0.196 e. The first-order valence-electron chi connectivity index (χ1n) is 5.05. The van der Waals surface area contributed by atoms with Gasteiger partial charge in [-0.05, 0) is 38.1 Å². The van der Waals surface area contributed by atoms with Crippen molar-refractivity contribution >= 4 is 29.0 Å². The molecule has 0 saturated heterocycles. The Labute approximate surface area is 109 Å². The van der Waals surface area contributed by atoms with Crippen LogP contribution in [0.3, 0.4) is 0 Å². The normalized spacial score (nSPS) is 10.6. The molecule has 0 amide bonds. The molecular weight excluding hydrogens is 259 g/mol. The van der Waals surface area contributed by atoms with Crippen molar-refractivity contribution in [1.82, 2.24) is 0 Å². The number of carbonyl (C=O) groups is 1. The molecule has 1 aromatic carbocycles. The molecule has 1 aromatic heterocycles. The van der Waals surface area contributed by atoms with Gasteiger partial charge in [0.25, 0.3) is 0 Å². The molecule has 0 aliphatic heterocycles. The maximum atomic E-state index is 12.2. The Kier molecular flexibility index (Phi) is 3.27. The van der Waals surface area contributed by atoms with E-state index in [-0.39, 0.29) is 5.78 Å². The highest BCUT2D eigenvalue weighted by atomic mass is 35.5. The first kappa shape index (κ1) is 12.2. The molecule has 2 nitrogen and oxygen atoms in total. The lowest BCUT2D eigenvalue weighted by Crippen LogP contribution is -2.01. The molecule has 17 heavy (non-hydrogen) atoms.